The third-order valence-corrected chi connectivity index (χ3v) is 6.51. The fourth-order valence-electron chi connectivity index (χ4n) is 4.50. The Morgan fingerprint density at radius 1 is 1.03 bits per heavy atom. The lowest BCUT2D eigenvalue weighted by Gasteiger charge is -2.34. The first-order valence-corrected chi connectivity index (χ1v) is 12.3. The largest absolute Gasteiger partial charge is 0.472 e. The number of rotatable bonds is 10. The summed E-state index contributed by atoms with van der Waals surface area (Å²) in [4.78, 5) is 36.5. The third-order valence-electron chi connectivity index (χ3n) is 6.51. The molecule has 1 aromatic heterocycles. The van der Waals surface area contributed by atoms with Crippen molar-refractivity contribution in [1.29, 1.82) is 0 Å². The van der Waals surface area contributed by atoms with E-state index in [4.69, 9.17) is 4.74 Å². The summed E-state index contributed by atoms with van der Waals surface area (Å²) in [5.74, 6) is 0.974. The molecule has 1 saturated heterocycles. The molecule has 4 rings (SSSR count). The second kappa shape index (κ2) is 11.9. The van der Waals surface area contributed by atoms with Crippen molar-refractivity contribution in [3.05, 3.63) is 54.2 Å². The predicted octanol–water partition coefficient (Wildman–Crippen LogP) is 2.47. The number of hydrogen-bond acceptors (Lipinski definition) is 6. The molecule has 8 nitrogen and oxygen atoms in total. The number of piperazine rings is 1. The van der Waals surface area contributed by atoms with E-state index in [1.165, 1.54) is 0 Å². The Balaban J connectivity index is 1.22. The molecule has 34 heavy (non-hydrogen) atoms. The lowest BCUT2D eigenvalue weighted by atomic mass is 10.1. The number of pyridine rings is 1. The Kier molecular flexibility index (Phi) is 8.49. The number of amides is 2. The molecule has 0 spiro atoms. The Morgan fingerprint density at radius 2 is 1.79 bits per heavy atom. The zero-order valence-corrected chi connectivity index (χ0v) is 20.0. The lowest BCUT2D eigenvalue weighted by molar-refractivity contribution is -0.127. The van der Waals surface area contributed by atoms with Gasteiger partial charge in [-0.1, -0.05) is 37.3 Å². The van der Waals surface area contributed by atoms with Crippen molar-refractivity contribution in [1.82, 2.24) is 20.1 Å². The van der Waals surface area contributed by atoms with Crippen molar-refractivity contribution in [3.8, 4) is 5.75 Å². The van der Waals surface area contributed by atoms with Gasteiger partial charge in [-0.15, -0.1) is 0 Å². The van der Waals surface area contributed by atoms with Crippen LogP contribution < -0.4 is 15.0 Å². The maximum Gasteiger partial charge on any atom is 0.274 e. The molecule has 3 heterocycles. The van der Waals surface area contributed by atoms with Crippen molar-refractivity contribution in [3.63, 3.8) is 0 Å². The van der Waals surface area contributed by atoms with Gasteiger partial charge in [-0.3, -0.25) is 14.5 Å². The normalized spacial score (nSPS) is 18.9. The minimum Gasteiger partial charge on any atom is -0.472 e. The Hall–Kier alpha value is -2.97. The SMILES string of the molecule is CCN1CCN(CCCNC(=O)CCCN2C(=O)C(c3ccccc3)Oc3cccnc32)CC1. The summed E-state index contributed by atoms with van der Waals surface area (Å²) in [6, 6.07) is 13.1. The van der Waals surface area contributed by atoms with Crippen molar-refractivity contribution >= 4 is 17.6 Å². The van der Waals surface area contributed by atoms with E-state index >= 15 is 0 Å². The average molecular weight is 466 g/mol. The van der Waals surface area contributed by atoms with E-state index in [2.05, 4.69) is 27.0 Å². The van der Waals surface area contributed by atoms with Crippen molar-refractivity contribution in [2.24, 2.45) is 0 Å². The average Bonchev–Trinajstić information content (AvgIpc) is 2.88. The number of aromatic nitrogens is 1. The number of likely N-dealkylation sites (N-methyl/N-ethyl adjacent to an activating group) is 1. The van der Waals surface area contributed by atoms with Gasteiger partial charge in [-0.25, -0.2) is 4.98 Å². The smallest absolute Gasteiger partial charge is 0.274 e. The highest BCUT2D eigenvalue weighted by Crippen LogP contribution is 2.37. The first-order chi connectivity index (χ1) is 16.7. The number of carbonyl (C=O) groups is 2. The van der Waals surface area contributed by atoms with Crippen LogP contribution in [0.2, 0.25) is 0 Å². The van der Waals surface area contributed by atoms with Gasteiger partial charge in [-0.2, -0.15) is 0 Å². The second-order valence-electron chi connectivity index (χ2n) is 8.81. The van der Waals surface area contributed by atoms with Gasteiger partial charge < -0.3 is 19.9 Å². The van der Waals surface area contributed by atoms with Crippen molar-refractivity contribution in [2.45, 2.75) is 32.3 Å². The van der Waals surface area contributed by atoms with E-state index in [1.54, 1.807) is 17.2 Å². The first kappa shape index (κ1) is 24.2. The third kappa shape index (κ3) is 6.12. The highest BCUT2D eigenvalue weighted by atomic mass is 16.5. The zero-order valence-electron chi connectivity index (χ0n) is 20.0. The summed E-state index contributed by atoms with van der Waals surface area (Å²) in [6.07, 6.45) is 2.84. The maximum absolute atomic E-state index is 13.2. The molecule has 1 N–H and O–H groups in total. The lowest BCUT2D eigenvalue weighted by Crippen LogP contribution is -2.46. The van der Waals surface area contributed by atoms with Crippen molar-refractivity contribution in [2.75, 3.05) is 57.3 Å². The standard InChI is InChI=1S/C26H35N5O3/c1-2-29-17-19-30(20-18-29)15-8-14-27-23(32)12-7-16-31-25-22(11-6-13-28-25)34-24(26(31)33)21-9-4-3-5-10-21/h3-6,9-11,13,24H,2,7-8,12,14-20H2,1H3,(H,27,32). The molecule has 8 heteroatoms. The molecular formula is C26H35N5O3. The van der Waals surface area contributed by atoms with Crippen LogP contribution >= 0.6 is 0 Å². The van der Waals surface area contributed by atoms with Crippen LogP contribution in [0.5, 0.6) is 5.75 Å². The molecule has 2 aliphatic heterocycles. The zero-order chi connectivity index (χ0) is 23.8. The maximum atomic E-state index is 13.2. The summed E-state index contributed by atoms with van der Waals surface area (Å²) < 4.78 is 5.98. The van der Waals surface area contributed by atoms with E-state index in [-0.39, 0.29) is 11.8 Å². The van der Waals surface area contributed by atoms with Crippen LogP contribution in [-0.4, -0.2) is 79.0 Å². The summed E-state index contributed by atoms with van der Waals surface area (Å²) in [5, 5.41) is 3.03. The molecular weight excluding hydrogens is 430 g/mol. The monoisotopic (exact) mass is 465 g/mol. The molecule has 182 valence electrons. The molecule has 0 saturated carbocycles. The van der Waals surface area contributed by atoms with Crippen LogP contribution in [0.25, 0.3) is 0 Å². The number of fused-ring (bicyclic) bond motifs is 1. The van der Waals surface area contributed by atoms with E-state index < -0.39 is 6.10 Å². The fraction of sp³-hybridized carbons (Fsp3) is 0.500. The second-order valence-corrected chi connectivity index (χ2v) is 8.81. The first-order valence-electron chi connectivity index (χ1n) is 12.3. The summed E-state index contributed by atoms with van der Waals surface area (Å²) in [6.45, 7) is 9.92. The number of nitrogens with one attached hydrogen (secondary N) is 1. The molecule has 2 aromatic rings. The van der Waals surface area contributed by atoms with Gasteiger partial charge in [0.2, 0.25) is 12.0 Å². The van der Waals surface area contributed by atoms with Gasteiger partial charge in [0.15, 0.2) is 11.6 Å². The molecule has 1 aromatic carbocycles. The van der Waals surface area contributed by atoms with E-state index in [0.717, 1.165) is 51.3 Å². The fourth-order valence-corrected chi connectivity index (χ4v) is 4.50. The molecule has 0 bridgehead atoms. The van der Waals surface area contributed by atoms with E-state index in [0.29, 0.717) is 37.5 Å². The predicted molar refractivity (Wildman–Crippen MR) is 132 cm³/mol. The number of carbonyl (C=O) groups excluding carboxylic acids is 2. The number of nitrogens with zero attached hydrogens (tertiary/aromatic N) is 4. The van der Waals surface area contributed by atoms with Gasteiger partial charge in [0.1, 0.15) is 0 Å². The Morgan fingerprint density at radius 3 is 2.56 bits per heavy atom. The Bertz CT molecular complexity index is 946. The quantitative estimate of drug-likeness (QED) is 0.543. The van der Waals surface area contributed by atoms with Crippen molar-refractivity contribution < 1.29 is 14.3 Å². The summed E-state index contributed by atoms with van der Waals surface area (Å²) in [5.41, 5.74) is 0.806. The molecule has 2 aliphatic rings. The highest BCUT2D eigenvalue weighted by molar-refractivity contribution is 5.99. The molecule has 1 unspecified atom stereocenters. The van der Waals surface area contributed by atoms with Gasteiger partial charge in [0.05, 0.1) is 0 Å². The van der Waals surface area contributed by atoms with Crippen LogP contribution in [-0.2, 0) is 9.59 Å². The number of hydrogen-bond donors (Lipinski definition) is 1. The number of ether oxygens (including phenoxy) is 1. The molecule has 1 atom stereocenters. The minimum atomic E-state index is -0.703. The summed E-state index contributed by atoms with van der Waals surface area (Å²) >= 11 is 0. The van der Waals surface area contributed by atoms with Crippen LogP contribution in [0.3, 0.4) is 0 Å². The van der Waals surface area contributed by atoms with Gasteiger partial charge in [0.25, 0.3) is 5.91 Å². The number of benzene rings is 1. The molecule has 1 fully saturated rings. The Labute approximate surface area is 201 Å². The van der Waals surface area contributed by atoms with Crippen LogP contribution in [0, 0.1) is 0 Å². The van der Waals surface area contributed by atoms with Crippen LogP contribution in [0.15, 0.2) is 48.7 Å². The summed E-state index contributed by atoms with van der Waals surface area (Å²) in [7, 11) is 0. The highest BCUT2D eigenvalue weighted by Gasteiger charge is 2.36. The van der Waals surface area contributed by atoms with E-state index in [9.17, 15) is 9.59 Å². The van der Waals surface area contributed by atoms with Crippen LogP contribution in [0.4, 0.5) is 5.82 Å². The van der Waals surface area contributed by atoms with Gasteiger partial charge in [0, 0.05) is 57.4 Å². The number of anilines is 1. The molecule has 2 amide bonds. The topological polar surface area (TPSA) is 78.0 Å². The van der Waals surface area contributed by atoms with Gasteiger partial charge >= 0.3 is 0 Å². The van der Waals surface area contributed by atoms with Gasteiger partial charge in [-0.05, 0) is 38.1 Å². The van der Waals surface area contributed by atoms with E-state index in [1.807, 2.05) is 36.4 Å². The van der Waals surface area contributed by atoms with Crippen LogP contribution in [0.1, 0.15) is 37.9 Å². The molecule has 0 aliphatic carbocycles. The molecule has 0 radical (unpaired) electrons. The minimum absolute atomic E-state index is 0.0253.